The Kier molecular flexibility index (Phi) is 7.58. The first-order valence-corrected chi connectivity index (χ1v) is 13.0. The minimum atomic E-state index is -3.66. The number of aryl methyl sites for hydroxylation is 1. The van der Waals surface area contributed by atoms with Gasteiger partial charge < -0.3 is 4.57 Å². The largest absolute Gasteiger partial charge is 0.318 e. The summed E-state index contributed by atoms with van der Waals surface area (Å²) in [4.78, 5) is 12.4. The summed E-state index contributed by atoms with van der Waals surface area (Å²) in [7, 11) is -3.66. The van der Waals surface area contributed by atoms with E-state index in [1.807, 2.05) is 44.2 Å². The first kappa shape index (κ1) is 24.2. The molecule has 0 saturated heterocycles. The highest BCUT2D eigenvalue weighted by molar-refractivity contribution is 9.10. The summed E-state index contributed by atoms with van der Waals surface area (Å²) in [6.07, 6.45) is 2.61. The quantitative estimate of drug-likeness (QED) is 0.328. The van der Waals surface area contributed by atoms with E-state index in [1.165, 1.54) is 0 Å². The maximum atomic E-state index is 12.4. The minimum absolute atomic E-state index is 0.384. The summed E-state index contributed by atoms with van der Waals surface area (Å²) in [5, 5.41) is 4.03. The van der Waals surface area contributed by atoms with E-state index >= 15 is 0 Å². The van der Waals surface area contributed by atoms with Gasteiger partial charge in [0.25, 0.3) is 5.91 Å². The molecule has 1 aromatic heterocycles. The molecule has 1 N–H and O–H groups in total. The Balaban J connectivity index is 1.73. The number of sulfonamides is 1. The van der Waals surface area contributed by atoms with Crippen molar-refractivity contribution in [3.63, 3.8) is 0 Å². The lowest BCUT2D eigenvalue weighted by Crippen LogP contribution is -2.39. The number of hydrogen-bond donors (Lipinski definition) is 1. The zero-order valence-electron chi connectivity index (χ0n) is 17.7. The molecule has 0 radical (unpaired) electrons. The number of aromatic nitrogens is 1. The second-order valence-electron chi connectivity index (χ2n) is 7.18. The van der Waals surface area contributed by atoms with E-state index in [1.54, 1.807) is 30.5 Å². The van der Waals surface area contributed by atoms with Gasteiger partial charge in [-0.1, -0.05) is 37.9 Å². The van der Waals surface area contributed by atoms with E-state index in [4.69, 9.17) is 0 Å². The van der Waals surface area contributed by atoms with Crippen LogP contribution in [0.2, 0.25) is 0 Å². The number of carbonyl (C=O) groups excluding carboxylic acids is 1. The van der Waals surface area contributed by atoms with Gasteiger partial charge in [-0.05, 0) is 62.4 Å². The van der Waals surface area contributed by atoms with E-state index in [-0.39, 0.29) is 6.54 Å². The number of hydrazone groups is 1. The average molecular weight is 582 g/mol. The zero-order valence-corrected chi connectivity index (χ0v) is 21.7. The van der Waals surface area contributed by atoms with Gasteiger partial charge in [0.15, 0.2) is 0 Å². The third kappa shape index (κ3) is 5.87. The average Bonchev–Trinajstić information content (AvgIpc) is 2.99. The van der Waals surface area contributed by atoms with Gasteiger partial charge in [0, 0.05) is 31.6 Å². The SMILES string of the molecule is Cc1cc(/C=N\NC(=O)CN(c2cccc(Br)c2)S(C)(=O)=O)c(C)n1-c1ccc(Br)cc1. The molecule has 0 unspecified atom stereocenters. The van der Waals surface area contributed by atoms with Crippen LogP contribution in [0.25, 0.3) is 5.69 Å². The Morgan fingerprint density at radius 2 is 1.78 bits per heavy atom. The highest BCUT2D eigenvalue weighted by atomic mass is 79.9. The standard InChI is InChI=1S/C22H22Br2N4O3S/c1-15-11-17(16(2)28(15)20-9-7-18(23)8-10-20)13-25-26-22(29)14-27(32(3,30)31)21-6-4-5-19(24)12-21/h4-13H,14H2,1-3H3,(H,26,29)/b25-13-. The van der Waals surface area contributed by atoms with Crippen molar-refractivity contribution in [1.29, 1.82) is 0 Å². The van der Waals surface area contributed by atoms with Gasteiger partial charge in [-0.25, -0.2) is 13.8 Å². The molecular weight excluding hydrogens is 560 g/mol. The zero-order chi connectivity index (χ0) is 23.5. The number of rotatable bonds is 7. The smallest absolute Gasteiger partial charge is 0.260 e. The van der Waals surface area contributed by atoms with Crippen LogP contribution in [0.5, 0.6) is 0 Å². The molecule has 0 bridgehead atoms. The van der Waals surface area contributed by atoms with Gasteiger partial charge in [0.1, 0.15) is 6.54 Å². The van der Waals surface area contributed by atoms with Crippen molar-refractivity contribution >= 4 is 59.7 Å². The molecule has 0 aliphatic heterocycles. The van der Waals surface area contributed by atoms with Crippen molar-refractivity contribution in [2.24, 2.45) is 5.10 Å². The molecule has 0 aliphatic carbocycles. The van der Waals surface area contributed by atoms with Crippen LogP contribution in [-0.4, -0.2) is 37.9 Å². The highest BCUT2D eigenvalue weighted by Crippen LogP contribution is 2.23. The van der Waals surface area contributed by atoms with Crippen molar-refractivity contribution in [3.8, 4) is 5.69 Å². The van der Waals surface area contributed by atoms with Crippen molar-refractivity contribution in [1.82, 2.24) is 9.99 Å². The van der Waals surface area contributed by atoms with Crippen LogP contribution in [0.1, 0.15) is 17.0 Å². The lowest BCUT2D eigenvalue weighted by atomic mass is 10.2. The van der Waals surface area contributed by atoms with Crippen LogP contribution in [0.4, 0.5) is 5.69 Å². The molecule has 2 aromatic carbocycles. The number of halogens is 2. The van der Waals surface area contributed by atoms with Gasteiger partial charge in [0.2, 0.25) is 10.0 Å². The molecule has 1 amide bonds. The molecule has 0 aliphatic rings. The predicted molar refractivity (Wildman–Crippen MR) is 135 cm³/mol. The van der Waals surface area contributed by atoms with Crippen molar-refractivity contribution in [2.75, 3.05) is 17.1 Å². The maximum Gasteiger partial charge on any atom is 0.260 e. The third-order valence-corrected chi connectivity index (χ3v) is 6.89. The van der Waals surface area contributed by atoms with Crippen molar-refractivity contribution in [2.45, 2.75) is 13.8 Å². The monoisotopic (exact) mass is 580 g/mol. The van der Waals surface area contributed by atoms with Gasteiger partial charge in [-0.2, -0.15) is 5.10 Å². The molecule has 0 atom stereocenters. The molecule has 7 nitrogen and oxygen atoms in total. The van der Waals surface area contributed by atoms with Gasteiger partial charge in [-0.15, -0.1) is 0 Å². The van der Waals surface area contributed by atoms with E-state index in [0.29, 0.717) is 10.2 Å². The molecule has 0 saturated carbocycles. The maximum absolute atomic E-state index is 12.4. The second-order valence-corrected chi connectivity index (χ2v) is 10.9. The predicted octanol–water partition coefficient (Wildman–Crippen LogP) is 4.54. The molecule has 10 heteroatoms. The van der Waals surface area contributed by atoms with Crippen molar-refractivity contribution in [3.05, 3.63) is 80.5 Å². The fourth-order valence-corrected chi connectivity index (χ4v) is 4.78. The first-order valence-electron chi connectivity index (χ1n) is 9.56. The fraction of sp³-hybridized carbons (Fsp3) is 0.182. The topological polar surface area (TPSA) is 83.8 Å². The number of benzene rings is 2. The Labute approximate surface area is 204 Å². The molecule has 168 valence electrons. The molecule has 0 spiro atoms. The van der Waals surface area contributed by atoms with Crippen LogP contribution < -0.4 is 9.73 Å². The second kappa shape index (κ2) is 10.0. The Morgan fingerprint density at radius 1 is 1.09 bits per heavy atom. The van der Waals surface area contributed by atoms with E-state index in [9.17, 15) is 13.2 Å². The summed E-state index contributed by atoms with van der Waals surface area (Å²) >= 11 is 6.76. The van der Waals surface area contributed by atoms with Crippen LogP contribution >= 0.6 is 31.9 Å². The summed E-state index contributed by atoms with van der Waals surface area (Å²) in [6, 6.07) is 16.7. The molecule has 1 heterocycles. The molecular formula is C22H22Br2N4O3S. The molecule has 3 rings (SSSR count). The Hall–Kier alpha value is -2.43. The normalized spacial score (nSPS) is 11.7. The van der Waals surface area contributed by atoms with Crippen LogP contribution in [-0.2, 0) is 14.8 Å². The van der Waals surface area contributed by atoms with Crippen molar-refractivity contribution < 1.29 is 13.2 Å². The lowest BCUT2D eigenvalue weighted by Gasteiger charge is -2.21. The van der Waals surface area contributed by atoms with Crippen LogP contribution in [0.15, 0.2) is 68.6 Å². The number of carbonyl (C=O) groups is 1. The summed E-state index contributed by atoms with van der Waals surface area (Å²) < 4.78 is 29.2. The van der Waals surface area contributed by atoms with Crippen LogP contribution in [0.3, 0.4) is 0 Å². The molecule has 0 fully saturated rings. The molecule has 3 aromatic rings. The highest BCUT2D eigenvalue weighted by Gasteiger charge is 2.21. The van der Waals surface area contributed by atoms with Gasteiger partial charge in [-0.3, -0.25) is 9.10 Å². The Bertz CT molecular complexity index is 1270. The number of anilines is 1. The van der Waals surface area contributed by atoms with Crippen LogP contribution in [0, 0.1) is 13.8 Å². The first-order chi connectivity index (χ1) is 15.1. The number of nitrogens with zero attached hydrogens (tertiary/aromatic N) is 3. The lowest BCUT2D eigenvalue weighted by molar-refractivity contribution is -0.119. The number of hydrogen-bond acceptors (Lipinski definition) is 4. The number of amides is 1. The van der Waals surface area contributed by atoms with Gasteiger partial charge in [0.05, 0.1) is 18.2 Å². The number of nitrogens with one attached hydrogen (secondary N) is 1. The fourth-order valence-electron chi connectivity index (χ4n) is 3.28. The van der Waals surface area contributed by atoms with E-state index in [2.05, 4.69) is 47.0 Å². The molecule has 32 heavy (non-hydrogen) atoms. The van der Waals surface area contributed by atoms with E-state index in [0.717, 1.165) is 37.7 Å². The van der Waals surface area contributed by atoms with E-state index < -0.39 is 15.9 Å². The summed E-state index contributed by atoms with van der Waals surface area (Å²) in [5.41, 5.74) is 6.66. The summed E-state index contributed by atoms with van der Waals surface area (Å²) in [6.45, 7) is 3.58. The minimum Gasteiger partial charge on any atom is -0.318 e. The van der Waals surface area contributed by atoms with Gasteiger partial charge >= 0.3 is 0 Å². The Morgan fingerprint density at radius 3 is 2.41 bits per heavy atom. The third-order valence-electron chi connectivity index (χ3n) is 4.73. The summed E-state index contributed by atoms with van der Waals surface area (Å²) in [5.74, 6) is -0.548.